The number of nitrogen functional groups attached to an aromatic ring is 1. The number of aliphatic hydroxyl groups is 2. The molecule has 2 unspecified atom stereocenters. The highest BCUT2D eigenvalue weighted by atomic mass is 35.5. The summed E-state index contributed by atoms with van der Waals surface area (Å²) in [7, 11) is 0. The number of halogens is 1. The molecule has 0 saturated carbocycles. The first-order chi connectivity index (χ1) is 7.06. The number of hydrogen-bond donors (Lipinski definition) is 4. The van der Waals surface area contributed by atoms with Crippen LogP contribution in [0.2, 0.25) is 5.02 Å². The second-order valence-corrected chi connectivity index (χ2v) is 3.80. The third kappa shape index (κ3) is 3.07. The van der Waals surface area contributed by atoms with Gasteiger partial charge in [0.05, 0.1) is 6.10 Å². The predicted octanol–water partition coefficient (Wildman–Crippen LogP) is 0.665. The fraction of sp³-hybridized carbons (Fsp3) is 0.400. The summed E-state index contributed by atoms with van der Waals surface area (Å²) in [6.07, 6.45) is -1.60. The minimum absolute atomic E-state index is 0.311. The molecule has 0 aromatic heterocycles. The molecule has 0 fully saturated rings. The highest BCUT2D eigenvalue weighted by Crippen LogP contribution is 2.26. The van der Waals surface area contributed by atoms with E-state index in [-0.39, 0.29) is 0 Å². The largest absolute Gasteiger partial charge is 0.398 e. The van der Waals surface area contributed by atoms with Gasteiger partial charge in [0.15, 0.2) is 0 Å². The normalized spacial score (nSPS) is 14.9. The molecule has 0 amide bonds. The average molecular weight is 231 g/mol. The van der Waals surface area contributed by atoms with Gasteiger partial charge in [-0.25, -0.2) is 0 Å². The van der Waals surface area contributed by atoms with E-state index >= 15 is 0 Å². The van der Waals surface area contributed by atoms with Crippen LogP contribution in [0, 0.1) is 0 Å². The van der Waals surface area contributed by atoms with Gasteiger partial charge in [-0.3, -0.25) is 0 Å². The van der Waals surface area contributed by atoms with E-state index in [0.717, 1.165) is 0 Å². The van der Waals surface area contributed by atoms with Gasteiger partial charge in [0.1, 0.15) is 6.10 Å². The Labute approximate surface area is 93.5 Å². The summed E-state index contributed by atoms with van der Waals surface area (Å²) >= 11 is 5.72. The quantitative estimate of drug-likeness (QED) is 0.572. The van der Waals surface area contributed by atoms with Gasteiger partial charge in [-0.1, -0.05) is 17.7 Å². The molecule has 5 heteroatoms. The van der Waals surface area contributed by atoms with E-state index in [2.05, 4.69) is 0 Å². The molecule has 1 aromatic rings. The lowest BCUT2D eigenvalue weighted by Gasteiger charge is -2.19. The SMILES string of the molecule is NCCC(O)C(O)c1ccc(Cl)cc1N. The highest BCUT2D eigenvalue weighted by Gasteiger charge is 2.19. The van der Waals surface area contributed by atoms with E-state index in [0.29, 0.717) is 29.2 Å². The lowest BCUT2D eigenvalue weighted by Crippen LogP contribution is -2.22. The molecule has 0 aliphatic carbocycles. The summed E-state index contributed by atoms with van der Waals surface area (Å²) in [6.45, 7) is 0.311. The van der Waals surface area contributed by atoms with Gasteiger partial charge in [-0.05, 0) is 25.1 Å². The van der Waals surface area contributed by atoms with Crippen LogP contribution in [0.15, 0.2) is 18.2 Å². The average Bonchev–Trinajstić information content (AvgIpc) is 2.17. The smallest absolute Gasteiger partial charge is 0.107 e. The number of anilines is 1. The Kier molecular flexibility index (Phi) is 4.35. The fourth-order valence-electron chi connectivity index (χ4n) is 1.35. The van der Waals surface area contributed by atoms with Crippen molar-refractivity contribution in [1.82, 2.24) is 0 Å². The number of nitrogens with two attached hydrogens (primary N) is 2. The maximum atomic E-state index is 9.76. The maximum Gasteiger partial charge on any atom is 0.107 e. The molecule has 1 aromatic carbocycles. The van der Waals surface area contributed by atoms with Crippen molar-refractivity contribution in [2.45, 2.75) is 18.6 Å². The van der Waals surface area contributed by atoms with Gasteiger partial charge >= 0.3 is 0 Å². The molecular formula is C10H15ClN2O2. The second-order valence-electron chi connectivity index (χ2n) is 3.36. The summed E-state index contributed by atoms with van der Waals surface area (Å²) in [5.41, 5.74) is 11.8. The molecule has 1 rings (SSSR count). The van der Waals surface area contributed by atoms with E-state index in [1.807, 2.05) is 0 Å². The minimum atomic E-state index is -1.02. The zero-order valence-electron chi connectivity index (χ0n) is 8.23. The molecule has 0 spiro atoms. The van der Waals surface area contributed by atoms with Crippen molar-refractivity contribution in [1.29, 1.82) is 0 Å². The van der Waals surface area contributed by atoms with Crippen LogP contribution in [0.3, 0.4) is 0 Å². The lowest BCUT2D eigenvalue weighted by molar-refractivity contribution is 0.0154. The van der Waals surface area contributed by atoms with Crippen LogP contribution in [0.4, 0.5) is 5.69 Å². The zero-order valence-corrected chi connectivity index (χ0v) is 8.98. The molecule has 2 atom stereocenters. The third-order valence-corrected chi connectivity index (χ3v) is 2.43. The van der Waals surface area contributed by atoms with Crippen LogP contribution in [0.1, 0.15) is 18.1 Å². The summed E-state index contributed by atoms with van der Waals surface area (Å²) in [5.74, 6) is 0. The van der Waals surface area contributed by atoms with E-state index in [4.69, 9.17) is 23.1 Å². The van der Waals surface area contributed by atoms with Crippen molar-refractivity contribution in [2.75, 3.05) is 12.3 Å². The van der Waals surface area contributed by atoms with Gasteiger partial charge in [0.2, 0.25) is 0 Å². The van der Waals surface area contributed by atoms with Crippen molar-refractivity contribution in [3.05, 3.63) is 28.8 Å². The highest BCUT2D eigenvalue weighted by molar-refractivity contribution is 6.30. The van der Waals surface area contributed by atoms with Gasteiger partial charge in [-0.2, -0.15) is 0 Å². The Morgan fingerprint density at radius 1 is 1.33 bits per heavy atom. The van der Waals surface area contributed by atoms with Gasteiger partial charge in [0.25, 0.3) is 0 Å². The van der Waals surface area contributed by atoms with Crippen LogP contribution in [-0.2, 0) is 0 Å². The molecule has 0 aliphatic rings. The van der Waals surface area contributed by atoms with Crippen molar-refractivity contribution in [3.63, 3.8) is 0 Å². The Morgan fingerprint density at radius 2 is 2.00 bits per heavy atom. The van der Waals surface area contributed by atoms with Crippen LogP contribution >= 0.6 is 11.6 Å². The molecule has 84 valence electrons. The Morgan fingerprint density at radius 3 is 2.53 bits per heavy atom. The predicted molar refractivity (Wildman–Crippen MR) is 60.5 cm³/mol. The standard InChI is InChI=1S/C10H15ClN2O2/c11-6-1-2-7(8(13)5-6)10(15)9(14)3-4-12/h1-2,5,9-10,14-15H,3-4,12-13H2. The van der Waals surface area contributed by atoms with E-state index < -0.39 is 12.2 Å². The van der Waals surface area contributed by atoms with E-state index in [1.54, 1.807) is 12.1 Å². The molecule has 15 heavy (non-hydrogen) atoms. The Hall–Kier alpha value is -0.810. The first kappa shape index (κ1) is 12.3. The zero-order chi connectivity index (χ0) is 11.4. The van der Waals surface area contributed by atoms with Crippen LogP contribution < -0.4 is 11.5 Å². The molecular weight excluding hydrogens is 216 g/mol. The molecule has 0 saturated heterocycles. The number of hydrogen-bond acceptors (Lipinski definition) is 4. The molecule has 0 radical (unpaired) electrons. The van der Waals surface area contributed by atoms with Gasteiger partial charge < -0.3 is 21.7 Å². The number of rotatable bonds is 4. The Bertz CT molecular complexity index is 333. The topological polar surface area (TPSA) is 92.5 Å². The summed E-state index contributed by atoms with van der Waals surface area (Å²) < 4.78 is 0. The summed E-state index contributed by atoms with van der Waals surface area (Å²) in [5, 5.41) is 19.8. The van der Waals surface area contributed by atoms with E-state index in [1.165, 1.54) is 6.07 Å². The van der Waals surface area contributed by atoms with Gasteiger partial charge in [-0.15, -0.1) is 0 Å². The molecule has 0 aliphatic heterocycles. The monoisotopic (exact) mass is 230 g/mol. The van der Waals surface area contributed by atoms with Crippen molar-refractivity contribution in [2.24, 2.45) is 5.73 Å². The summed E-state index contributed by atoms with van der Waals surface area (Å²) in [6, 6.07) is 4.75. The molecule has 0 bridgehead atoms. The van der Waals surface area contributed by atoms with Crippen LogP contribution in [-0.4, -0.2) is 22.9 Å². The van der Waals surface area contributed by atoms with Gasteiger partial charge in [0, 0.05) is 16.3 Å². The fourth-order valence-corrected chi connectivity index (χ4v) is 1.53. The Balaban J connectivity index is 2.86. The molecule has 4 nitrogen and oxygen atoms in total. The molecule has 6 N–H and O–H groups in total. The third-order valence-electron chi connectivity index (χ3n) is 2.19. The first-order valence-corrected chi connectivity index (χ1v) is 5.05. The van der Waals surface area contributed by atoms with Crippen molar-refractivity contribution in [3.8, 4) is 0 Å². The second kappa shape index (κ2) is 5.32. The van der Waals surface area contributed by atoms with Crippen LogP contribution in [0.5, 0.6) is 0 Å². The summed E-state index contributed by atoms with van der Waals surface area (Å²) in [4.78, 5) is 0. The molecule has 0 heterocycles. The lowest BCUT2D eigenvalue weighted by atomic mass is 10.0. The minimum Gasteiger partial charge on any atom is -0.398 e. The maximum absolute atomic E-state index is 9.76. The van der Waals surface area contributed by atoms with Crippen molar-refractivity contribution < 1.29 is 10.2 Å². The number of aliphatic hydroxyl groups excluding tert-OH is 2. The first-order valence-electron chi connectivity index (χ1n) is 4.67. The van der Waals surface area contributed by atoms with E-state index in [9.17, 15) is 10.2 Å². The number of benzene rings is 1. The van der Waals surface area contributed by atoms with Crippen LogP contribution in [0.25, 0.3) is 0 Å². The van der Waals surface area contributed by atoms with Crippen molar-refractivity contribution >= 4 is 17.3 Å².